The number of aliphatic hydroxyl groups excluding tert-OH is 1. The zero-order valence-corrected chi connectivity index (χ0v) is 11.3. The smallest absolute Gasteiger partial charge is 0.0596 e. The molecule has 1 saturated heterocycles. The van der Waals surface area contributed by atoms with Crippen molar-refractivity contribution in [3.8, 4) is 0 Å². The number of aliphatic hydroxyl groups is 1. The molecule has 100 valence electrons. The quantitative estimate of drug-likeness (QED) is 0.809. The van der Waals surface area contributed by atoms with Crippen LogP contribution in [0.15, 0.2) is 24.3 Å². The van der Waals surface area contributed by atoms with Crippen LogP contribution in [0.2, 0.25) is 0 Å². The van der Waals surface area contributed by atoms with E-state index < -0.39 is 0 Å². The third-order valence-electron chi connectivity index (χ3n) is 3.85. The molecule has 1 fully saturated rings. The van der Waals surface area contributed by atoms with Gasteiger partial charge in [-0.1, -0.05) is 37.6 Å². The predicted octanol–water partition coefficient (Wildman–Crippen LogP) is 1.91. The third-order valence-corrected chi connectivity index (χ3v) is 3.85. The van der Waals surface area contributed by atoms with Crippen LogP contribution in [0.1, 0.15) is 30.5 Å². The number of hydrogen-bond donors (Lipinski definition) is 2. The van der Waals surface area contributed by atoms with E-state index in [-0.39, 0.29) is 18.1 Å². The Morgan fingerprint density at radius 1 is 1.33 bits per heavy atom. The summed E-state index contributed by atoms with van der Waals surface area (Å²) in [5.41, 5.74) is 2.45. The van der Waals surface area contributed by atoms with E-state index in [1.54, 1.807) is 0 Å². The summed E-state index contributed by atoms with van der Waals surface area (Å²) >= 11 is 0. The summed E-state index contributed by atoms with van der Waals surface area (Å²) in [6, 6.07) is 8.87. The fraction of sp³-hybridized carbons (Fsp3) is 0.600. The van der Waals surface area contributed by atoms with Crippen LogP contribution in [0.4, 0.5) is 0 Å². The molecule has 1 heterocycles. The van der Waals surface area contributed by atoms with Crippen LogP contribution in [-0.2, 0) is 11.2 Å². The normalized spacial score (nSPS) is 19.3. The Hall–Kier alpha value is -0.900. The zero-order valence-electron chi connectivity index (χ0n) is 11.3. The van der Waals surface area contributed by atoms with E-state index in [1.165, 1.54) is 17.5 Å². The summed E-state index contributed by atoms with van der Waals surface area (Å²) in [4.78, 5) is 0. The second-order valence-electron chi connectivity index (χ2n) is 5.23. The molecule has 3 nitrogen and oxygen atoms in total. The Labute approximate surface area is 109 Å². The Bertz CT molecular complexity index is 365. The third kappa shape index (κ3) is 2.44. The first-order valence-electron chi connectivity index (χ1n) is 6.70. The van der Waals surface area contributed by atoms with Crippen molar-refractivity contribution in [2.45, 2.75) is 25.8 Å². The van der Waals surface area contributed by atoms with Gasteiger partial charge < -0.3 is 15.2 Å². The molecule has 0 radical (unpaired) electrons. The molecule has 18 heavy (non-hydrogen) atoms. The van der Waals surface area contributed by atoms with Crippen LogP contribution in [-0.4, -0.2) is 32.0 Å². The van der Waals surface area contributed by atoms with Crippen LogP contribution < -0.4 is 5.32 Å². The lowest BCUT2D eigenvalue weighted by molar-refractivity contribution is -0.155. The second kappa shape index (κ2) is 5.83. The Morgan fingerprint density at radius 2 is 2.00 bits per heavy atom. The van der Waals surface area contributed by atoms with Gasteiger partial charge >= 0.3 is 0 Å². The van der Waals surface area contributed by atoms with Crippen LogP contribution in [0.5, 0.6) is 0 Å². The molecule has 1 atom stereocenters. The van der Waals surface area contributed by atoms with E-state index in [1.807, 2.05) is 7.05 Å². The molecule has 1 aromatic carbocycles. The van der Waals surface area contributed by atoms with Gasteiger partial charge in [-0.2, -0.15) is 0 Å². The fourth-order valence-electron chi connectivity index (χ4n) is 2.71. The lowest BCUT2D eigenvalue weighted by Gasteiger charge is -2.46. The average molecular weight is 249 g/mol. The molecule has 1 aliphatic heterocycles. The van der Waals surface area contributed by atoms with Crippen LogP contribution in [0.25, 0.3) is 0 Å². The first-order valence-corrected chi connectivity index (χ1v) is 6.70. The molecule has 1 aromatic rings. The van der Waals surface area contributed by atoms with Crippen molar-refractivity contribution in [2.75, 3.05) is 26.9 Å². The standard InChI is InChI=1S/C15H23NO2/c1-3-4-12-5-7-13(8-6-12)14(16-2)15(9-17)10-18-11-15/h5-8,14,16-17H,3-4,9-11H2,1-2H3. The Kier molecular flexibility index (Phi) is 4.38. The van der Waals surface area contributed by atoms with Gasteiger partial charge in [-0.15, -0.1) is 0 Å². The van der Waals surface area contributed by atoms with E-state index in [2.05, 4.69) is 36.5 Å². The summed E-state index contributed by atoms with van der Waals surface area (Å²) in [7, 11) is 1.94. The van der Waals surface area contributed by atoms with Gasteiger partial charge in [0.25, 0.3) is 0 Å². The maximum Gasteiger partial charge on any atom is 0.0596 e. The molecule has 1 aliphatic rings. The molecule has 1 unspecified atom stereocenters. The number of benzene rings is 1. The molecule has 0 saturated carbocycles. The van der Waals surface area contributed by atoms with E-state index in [4.69, 9.17) is 4.74 Å². The first-order chi connectivity index (χ1) is 8.75. The number of nitrogens with one attached hydrogen (secondary N) is 1. The molecule has 0 amide bonds. The Morgan fingerprint density at radius 3 is 2.39 bits per heavy atom. The molecule has 2 N–H and O–H groups in total. The Balaban J connectivity index is 2.17. The van der Waals surface area contributed by atoms with Crippen molar-refractivity contribution < 1.29 is 9.84 Å². The molecule has 0 spiro atoms. The highest BCUT2D eigenvalue weighted by molar-refractivity contribution is 5.27. The monoisotopic (exact) mass is 249 g/mol. The highest BCUT2D eigenvalue weighted by atomic mass is 16.5. The van der Waals surface area contributed by atoms with Crippen LogP contribution >= 0.6 is 0 Å². The van der Waals surface area contributed by atoms with Gasteiger partial charge in [0, 0.05) is 6.04 Å². The van der Waals surface area contributed by atoms with Gasteiger partial charge in [0.2, 0.25) is 0 Å². The van der Waals surface area contributed by atoms with E-state index in [9.17, 15) is 5.11 Å². The number of ether oxygens (including phenoxy) is 1. The van der Waals surface area contributed by atoms with Crippen molar-refractivity contribution in [1.82, 2.24) is 5.32 Å². The molecule has 0 aliphatic carbocycles. The fourth-order valence-corrected chi connectivity index (χ4v) is 2.71. The van der Waals surface area contributed by atoms with Gasteiger partial charge in [-0.05, 0) is 24.6 Å². The largest absolute Gasteiger partial charge is 0.396 e. The molecular weight excluding hydrogens is 226 g/mol. The van der Waals surface area contributed by atoms with E-state index >= 15 is 0 Å². The minimum absolute atomic E-state index is 0.152. The molecule has 3 heteroatoms. The molecular formula is C15H23NO2. The van der Waals surface area contributed by atoms with E-state index in [0.717, 1.165) is 6.42 Å². The number of aryl methyl sites for hydroxylation is 1. The maximum atomic E-state index is 9.62. The summed E-state index contributed by atoms with van der Waals surface area (Å²) in [6.45, 7) is 3.61. The molecule has 0 bridgehead atoms. The minimum Gasteiger partial charge on any atom is -0.396 e. The molecule has 0 aromatic heterocycles. The van der Waals surface area contributed by atoms with Gasteiger partial charge in [0.05, 0.1) is 25.2 Å². The highest BCUT2D eigenvalue weighted by Crippen LogP contribution is 2.40. The lowest BCUT2D eigenvalue weighted by Crippen LogP contribution is -2.53. The summed E-state index contributed by atoms with van der Waals surface area (Å²) in [5, 5.41) is 12.9. The zero-order chi connectivity index (χ0) is 13.0. The van der Waals surface area contributed by atoms with Gasteiger partial charge in [-0.25, -0.2) is 0 Å². The number of rotatable bonds is 6. The van der Waals surface area contributed by atoms with Crippen molar-refractivity contribution in [2.24, 2.45) is 5.41 Å². The summed E-state index contributed by atoms with van der Waals surface area (Å²) in [6.07, 6.45) is 2.29. The SMILES string of the molecule is CCCc1ccc(C(NC)C2(CO)COC2)cc1. The van der Waals surface area contributed by atoms with Crippen molar-refractivity contribution >= 4 is 0 Å². The predicted molar refractivity (Wildman–Crippen MR) is 72.6 cm³/mol. The average Bonchev–Trinajstić information content (AvgIpc) is 2.35. The number of hydrogen-bond acceptors (Lipinski definition) is 3. The van der Waals surface area contributed by atoms with Crippen LogP contribution in [0, 0.1) is 5.41 Å². The summed E-state index contributed by atoms with van der Waals surface area (Å²) < 4.78 is 5.30. The summed E-state index contributed by atoms with van der Waals surface area (Å²) in [5.74, 6) is 0. The second-order valence-corrected chi connectivity index (χ2v) is 5.23. The van der Waals surface area contributed by atoms with E-state index in [0.29, 0.717) is 13.2 Å². The van der Waals surface area contributed by atoms with Crippen LogP contribution in [0.3, 0.4) is 0 Å². The first kappa shape index (κ1) is 13.5. The van der Waals surface area contributed by atoms with Crippen molar-refractivity contribution in [3.05, 3.63) is 35.4 Å². The van der Waals surface area contributed by atoms with Gasteiger partial charge in [0.15, 0.2) is 0 Å². The minimum atomic E-state index is -0.152. The lowest BCUT2D eigenvalue weighted by atomic mass is 9.75. The highest BCUT2D eigenvalue weighted by Gasteiger charge is 2.45. The van der Waals surface area contributed by atoms with Gasteiger partial charge in [0.1, 0.15) is 0 Å². The van der Waals surface area contributed by atoms with Crippen molar-refractivity contribution in [1.29, 1.82) is 0 Å². The van der Waals surface area contributed by atoms with Gasteiger partial charge in [-0.3, -0.25) is 0 Å². The maximum absolute atomic E-state index is 9.62. The van der Waals surface area contributed by atoms with Crippen molar-refractivity contribution in [3.63, 3.8) is 0 Å². The molecule has 2 rings (SSSR count). The topological polar surface area (TPSA) is 41.5 Å².